The van der Waals surface area contributed by atoms with Crippen molar-refractivity contribution >= 4 is 17.6 Å². The summed E-state index contributed by atoms with van der Waals surface area (Å²) in [7, 11) is 0. The SMILES string of the molecule is CC1=Nc2nnnn2C(c2ccc(-n3ccnc3)cc2)C1C(=O)O. The molecule has 9 heteroatoms. The van der Waals surface area contributed by atoms with Crippen LogP contribution in [0.4, 0.5) is 5.95 Å². The molecule has 0 bridgehead atoms. The first-order valence-corrected chi connectivity index (χ1v) is 7.29. The summed E-state index contributed by atoms with van der Waals surface area (Å²) >= 11 is 0. The molecule has 2 unspecified atom stereocenters. The van der Waals surface area contributed by atoms with Gasteiger partial charge < -0.3 is 9.67 Å². The highest BCUT2D eigenvalue weighted by atomic mass is 16.4. The van der Waals surface area contributed by atoms with Crippen molar-refractivity contribution in [1.29, 1.82) is 0 Å². The molecule has 0 saturated heterocycles. The Kier molecular flexibility index (Phi) is 3.19. The van der Waals surface area contributed by atoms with Gasteiger partial charge in [-0.1, -0.05) is 17.2 Å². The highest BCUT2D eigenvalue weighted by molar-refractivity contribution is 6.02. The molecule has 0 aliphatic carbocycles. The summed E-state index contributed by atoms with van der Waals surface area (Å²) in [5.41, 5.74) is 2.21. The summed E-state index contributed by atoms with van der Waals surface area (Å²) < 4.78 is 3.33. The summed E-state index contributed by atoms with van der Waals surface area (Å²) in [6, 6.07) is 7.02. The molecule has 0 fully saturated rings. The second-order valence-corrected chi connectivity index (χ2v) is 5.50. The Labute approximate surface area is 136 Å². The summed E-state index contributed by atoms with van der Waals surface area (Å²) in [4.78, 5) is 20.0. The van der Waals surface area contributed by atoms with Crippen molar-refractivity contribution in [3.05, 3.63) is 48.5 Å². The third-order valence-electron chi connectivity index (χ3n) is 4.08. The fourth-order valence-electron chi connectivity index (χ4n) is 2.94. The maximum atomic E-state index is 11.8. The molecule has 0 spiro atoms. The Morgan fingerprint density at radius 3 is 2.71 bits per heavy atom. The predicted octanol–water partition coefficient (Wildman–Crippen LogP) is 1.25. The Balaban J connectivity index is 1.79. The van der Waals surface area contributed by atoms with Crippen molar-refractivity contribution < 1.29 is 9.90 Å². The fourth-order valence-corrected chi connectivity index (χ4v) is 2.94. The topological polar surface area (TPSA) is 111 Å². The molecule has 1 aromatic carbocycles. The lowest BCUT2D eigenvalue weighted by molar-refractivity contribution is -0.140. The molecule has 9 nitrogen and oxygen atoms in total. The zero-order valence-electron chi connectivity index (χ0n) is 12.7. The van der Waals surface area contributed by atoms with Gasteiger partial charge in [-0.3, -0.25) is 4.79 Å². The van der Waals surface area contributed by atoms with Gasteiger partial charge in [-0.2, -0.15) is 0 Å². The standard InChI is InChI=1S/C15H13N7O2/c1-9-12(14(23)24)13(22-15(17-9)18-19-20-22)10-2-4-11(5-3-10)21-7-6-16-8-21/h2-8,12-13H,1H3,(H,23,24). The van der Waals surface area contributed by atoms with Crippen molar-refractivity contribution in [2.75, 3.05) is 0 Å². The molecular weight excluding hydrogens is 310 g/mol. The monoisotopic (exact) mass is 323 g/mol. The van der Waals surface area contributed by atoms with Gasteiger partial charge in [-0.25, -0.2) is 14.7 Å². The van der Waals surface area contributed by atoms with Crippen LogP contribution in [0.25, 0.3) is 5.69 Å². The number of nitrogens with zero attached hydrogens (tertiary/aromatic N) is 7. The molecule has 2 atom stereocenters. The highest BCUT2D eigenvalue weighted by Gasteiger charge is 2.39. The number of rotatable bonds is 3. The molecule has 1 N–H and O–H groups in total. The van der Waals surface area contributed by atoms with E-state index in [-0.39, 0.29) is 0 Å². The van der Waals surface area contributed by atoms with Crippen LogP contribution in [0.15, 0.2) is 48.0 Å². The molecule has 1 aliphatic rings. The van der Waals surface area contributed by atoms with Gasteiger partial charge in [0.2, 0.25) is 0 Å². The minimum atomic E-state index is -0.957. The maximum Gasteiger partial charge on any atom is 0.314 e. The number of hydrogen-bond acceptors (Lipinski definition) is 6. The third-order valence-corrected chi connectivity index (χ3v) is 4.08. The average molecular weight is 323 g/mol. The summed E-state index contributed by atoms with van der Waals surface area (Å²) in [5, 5.41) is 21.0. The van der Waals surface area contributed by atoms with E-state index in [1.807, 2.05) is 35.0 Å². The number of aliphatic carboxylic acids is 1. The average Bonchev–Trinajstić information content (AvgIpc) is 3.24. The van der Waals surface area contributed by atoms with Crippen molar-refractivity contribution in [1.82, 2.24) is 29.8 Å². The molecule has 24 heavy (non-hydrogen) atoms. The van der Waals surface area contributed by atoms with E-state index in [2.05, 4.69) is 25.5 Å². The number of tetrazole rings is 1. The van der Waals surface area contributed by atoms with Gasteiger partial charge >= 0.3 is 5.97 Å². The molecule has 0 saturated carbocycles. The fraction of sp³-hybridized carbons (Fsp3) is 0.200. The van der Waals surface area contributed by atoms with Crippen LogP contribution in [0, 0.1) is 5.92 Å². The zero-order valence-corrected chi connectivity index (χ0v) is 12.7. The lowest BCUT2D eigenvalue weighted by Gasteiger charge is -2.27. The van der Waals surface area contributed by atoms with Gasteiger partial charge in [0.05, 0.1) is 6.33 Å². The van der Waals surface area contributed by atoms with E-state index in [0.29, 0.717) is 11.7 Å². The van der Waals surface area contributed by atoms with Gasteiger partial charge in [0.25, 0.3) is 5.95 Å². The molecule has 3 aromatic rings. The van der Waals surface area contributed by atoms with Crippen molar-refractivity contribution in [2.45, 2.75) is 13.0 Å². The molecule has 3 heterocycles. The Morgan fingerprint density at radius 1 is 1.25 bits per heavy atom. The van der Waals surface area contributed by atoms with E-state index in [4.69, 9.17) is 0 Å². The van der Waals surface area contributed by atoms with Gasteiger partial charge in [-0.15, -0.1) is 0 Å². The Bertz CT molecular complexity index is 912. The number of carbonyl (C=O) groups is 1. The summed E-state index contributed by atoms with van der Waals surface area (Å²) in [5.74, 6) is -1.46. The number of carboxylic acids is 1. The predicted molar refractivity (Wildman–Crippen MR) is 83.4 cm³/mol. The van der Waals surface area contributed by atoms with Crippen LogP contribution in [-0.4, -0.2) is 46.5 Å². The number of hydrogen-bond donors (Lipinski definition) is 1. The summed E-state index contributed by atoms with van der Waals surface area (Å²) in [6.45, 7) is 1.68. The normalized spacial score (nSPS) is 19.6. The minimum absolute atomic E-state index is 0.314. The second kappa shape index (κ2) is 5.37. The molecular formula is C15H13N7O2. The van der Waals surface area contributed by atoms with E-state index < -0.39 is 17.9 Å². The lowest BCUT2D eigenvalue weighted by Crippen LogP contribution is -2.35. The Morgan fingerprint density at radius 2 is 2.04 bits per heavy atom. The number of fused-ring (bicyclic) bond motifs is 1. The van der Waals surface area contributed by atoms with Gasteiger partial charge in [0.15, 0.2) is 0 Å². The number of aromatic nitrogens is 6. The van der Waals surface area contributed by atoms with Crippen LogP contribution >= 0.6 is 0 Å². The van der Waals surface area contributed by atoms with Crippen molar-refractivity contribution in [3.63, 3.8) is 0 Å². The van der Waals surface area contributed by atoms with Crippen LogP contribution in [-0.2, 0) is 4.79 Å². The third kappa shape index (κ3) is 2.18. The van der Waals surface area contributed by atoms with Crippen LogP contribution in [0.1, 0.15) is 18.5 Å². The second-order valence-electron chi connectivity index (χ2n) is 5.50. The van der Waals surface area contributed by atoms with Crippen LogP contribution in [0.5, 0.6) is 0 Å². The maximum absolute atomic E-state index is 11.8. The first-order valence-electron chi connectivity index (χ1n) is 7.29. The van der Waals surface area contributed by atoms with E-state index in [9.17, 15) is 9.90 Å². The zero-order chi connectivity index (χ0) is 16.7. The largest absolute Gasteiger partial charge is 0.481 e. The number of benzene rings is 1. The van der Waals surface area contributed by atoms with E-state index >= 15 is 0 Å². The van der Waals surface area contributed by atoms with Gasteiger partial charge in [-0.05, 0) is 35.0 Å². The van der Waals surface area contributed by atoms with E-state index in [1.54, 1.807) is 19.4 Å². The smallest absolute Gasteiger partial charge is 0.314 e. The molecule has 120 valence electrons. The van der Waals surface area contributed by atoms with Crippen LogP contribution in [0.3, 0.4) is 0 Å². The lowest BCUT2D eigenvalue weighted by atomic mass is 9.88. The molecule has 4 rings (SSSR count). The van der Waals surface area contributed by atoms with Gasteiger partial charge in [0, 0.05) is 23.8 Å². The van der Waals surface area contributed by atoms with Gasteiger partial charge in [0.1, 0.15) is 12.0 Å². The quantitative estimate of drug-likeness (QED) is 0.776. The number of imidazole rings is 1. The minimum Gasteiger partial charge on any atom is -0.481 e. The summed E-state index contributed by atoms with van der Waals surface area (Å²) in [6.07, 6.45) is 5.24. The first-order chi connectivity index (χ1) is 11.6. The Hall–Kier alpha value is -3.36. The van der Waals surface area contributed by atoms with Crippen molar-refractivity contribution in [3.8, 4) is 5.69 Å². The molecule has 0 amide bonds. The van der Waals surface area contributed by atoms with E-state index in [0.717, 1.165) is 11.3 Å². The van der Waals surface area contributed by atoms with Crippen LogP contribution in [0.2, 0.25) is 0 Å². The highest BCUT2D eigenvalue weighted by Crippen LogP contribution is 2.34. The number of aliphatic imine (C=N–C) groups is 1. The first kappa shape index (κ1) is 14.2. The van der Waals surface area contributed by atoms with Crippen molar-refractivity contribution in [2.24, 2.45) is 10.9 Å². The van der Waals surface area contributed by atoms with E-state index in [1.165, 1.54) is 4.68 Å². The van der Waals surface area contributed by atoms with Crippen LogP contribution < -0.4 is 0 Å². The molecule has 2 aromatic heterocycles. The molecule has 1 aliphatic heterocycles. The molecule has 0 radical (unpaired) electrons. The number of carboxylic acid groups (broad SMARTS) is 1.